The molecule has 0 aliphatic rings. The molecule has 124 valence electrons. The highest BCUT2D eigenvalue weighted by molar-refractivity contribution is 5.85. The van der Waals surface area contributed by atoms with Gasteiger partial charge in [-0.15, -0.1) is 12.4 Å². The van der Waals surface area contributed by atoms with E-state index in [4.69, 9.17) is 10.5 Å². The third-order valence-electron chi connectivity index (χ3n) is 3.44. The van der Waals surface area contributed by atoms with Crippen molar-refractivity contribution in [2.75, 3.05) is 6.54 Å². The maximum absolute atomic E-state index is 11.8. The van der Waals surface area contributed by atoms with E-state index in [1.807, 2.05) is 62.4 Å². The summed E-state index contributed by atoms with van der Waals surface area (Å²) in [5.74, 6) is 1.29. The lowest BCUT2D eigenvalue weighted by molar-refractivity contribution is -0.124. The average molecular weight is 335 g/mol. The first-order valence-electron chi connectivity index (χ1n) is 7.40. The average Bonchev–Trinajstić information content (AvgIpc) is 2.53. The molecule has 0 aliphatic heterocycles. The maximum atomic E-state index is 11.8. The smallest absolute Gasteiger partial charge is 0.224 e. The number of hydrogen-bond donors (Lipinski definition) is 2. The van der Waals surface area contributed by atoms with Crippen molar-refractivity contribution in [2.45, 2.75) is 20.4 Å². The van der Waals surface area contributed by atoms with E-state index in [0.717, 1.165) is 22.6 Å². The molecule has 1 amide bonds. The number of carbonyl (C=O) groups is 1. The quantitative estimate of drug-likeness (QED) is 0.850. The van der Waals surface area contributed by atoms with Gasteiger partial charge in [0.1, 0.15) is 11.5 Å². The minimum absolute atomic E-state index is 0. The van der Waals surface area contributed by atoms with E-state index in [2.05, 4.69) is 5.32 Å². The van der Waals surface area contributed by atoms with Gasteiger partial charge in [0.25, 0.3) is 0 Å². The molecule has 4 nitrogen and oxygen atoms in total. The Bertz CT molecular complexity index is 646. The Labute approximate surface area is 143 Å². The van der Waals surface area contributed by atoms with E-state index in [1.165, 1.54) is 0 Å². The van der Waals surface area contributed by atoms with Crippen LogP contribution in [0.1, 0.15) is 18.1 Å². The summed E-state index contributed by atoms with van der Waals surface area (Å²) in [4.78, 5) is 11.8. The van der Waals surface area contributed by atoms with Gasteiger partial charge in [0.15, 0.2) is 0 Å². The first-order chi connectivity index (χ1) is 10.6. The molecule has 0 fully saturated rings. The number of para-hydroxylation sites is 1. The number of hydrogen-bond acceptors (Lipinski definition) is 3. The zero-order valence-corrected chi connectivity index (χ0v) is 14.2. The topological polar surface area (TPSA) is 64.3 Å². The Balaban J connectivity index is 0.00000264. The Morgan fingerprint density at radius 1 is 1.22 bits per heavy atom. The van der Waals surface area contributed by atoms with Crippen LogP contribution in [0.15, 0.2) is 48.5 Å². The van der Waals surface area contributed by atoms with Gasteiger partial charge in [-0.2, -0.15) is 0 Å². The number of benzene rings is 2. The van der Waals surface area contributed by atoms with Crippen molar-refractivity contribution in [1.82, 2.24) is 5.32 Å². The van der Waals surface area contributed by atoms with Crippen molar-refractivity contribution in [1.29, 1.82) is 0 Å². The van der Waals surface area contributed by atoms with Crippen LogP contribution in [0.4, 0.5) is 0 Å². The summed E-state index contributed by atoms with van der Waals surface area (Å²) < 4.78 is 5.93. The molecular weight excluding hydrogens is 312 g/mol. The normalized spacial score (nSPS) is 11.3. The summed E-state index contributed by atoms with van der Waals surface area (Å²) in [6.07, 6.45) is 0. The molecule has 1 unspecified atom stereocenters. The van der Waals surface area contributed by atoms with Crippen molar-refractivity contribution in [2.24, 2.45) is 11.7 Å². The molecule has 1 atom stereocenters. The van der Waals surface area contributed by atoms with E-state index >= 15 is 0 Å². The third kappa shape index (κ3) is 5.58. The Kier molecular flexibility index (Phi) is 7.59. The van der Waals surface area contributed by atoms with Crippen molar-refractivity contribution in [3.8, 4) is 11.5 Å². The lowest BCUT2D eigenvalue weighted by Gasteiger charge is -2.14. The lowest BCUT2D eigenvalue weighted by atomic mass is 10.1. The highest BCUT2D eigenvalue weighted by Gasteiger charge is 2.11. The van der Waals surface area contributed by atoms with Crippen molar-refractivity contribution < 1.29 is 9.53 Å². The number of nitrogens with one attached hydrogen (secondary N) is 1. The van der Waals surface area contributed by atoms with E-state index < -0.39 is 0 Å². The molecule has 3 N–H and O–H groups in total. The number of amides is 1. The molecule has 23 heavy (non-hydrogen) atoms. The van der Waals surface area contributed by atoms with Crippen LogP contribution < -0.4 is 15.8 Å². The van der Waals surface area contributed by atoms with E-state index in [0.29, 0.717) is 13.1 Å². The van der Waals surface area contributed by atoms with E-state index in [1.54, 1.807) is 0 Å². The zero-order valence-electron chi connectivity index (χ0n) is 13.4. The van der Waals surface area contributed by atoms with Crippen LogP contribution in [0.25, 0.3) is 0 Å². The molecule has 5 heteroatoms. The van der Waals surface area contributed by atoms with Crippen LogP contribution in [0.5, 0.6) is 11.5 Å². The molecule has 0 heterocycles. The third-order valence-corrected chi connectivity index (χ3v) is 3.44. The first-order valence-corrected chi connectivity index (χ1v) is 7.40. The summed E-state index contributed by atoms with van der Waals surface area (Å²) in [5, 5.41) is 2.89. The summed E-state index contributed by atoms with van der Waals surface area (Å²) in [6.45, 7) is 4.59. The molecule has 2 rings (SSSR count). The van der Waals surface area contributed by atoms with Gasteiger partial charge in [0.2, 0.25) is 5.91 Å². The van der Waals surface area contributed by atoms with Gasteiger partial charge in [-0.25, -0.2) is 0 Å². The largest absolute Gasteiger partial charge is 0.457 e. The van der Waals surface area contributed by atoms with Crippen molar-refractivity contribution in [3.63, 3.8) is 0 Å². The second-order valence-electron chi connectivity index (χ2n) is 5.38. The second-order valence-corrected chi connectivity index (χ2v) is 5.38. The molecule has 0 bridgehead atoms. The molecule has 0 saturated heterocycles. The zero-order chi connectivity index (χ0) is 15.9. The Morgan fingerprint density at radius 2 is 1.96 bits per heavy atom. The van der Waals surface area contributed by atoms with Crippen LogP contribution in [-0.4, -0.2) is 12.5 Å². The van der Waals surface area contributed by atoms with Gasteiger partial charge < -0.3 is 15.8 Å². The summed E-state index contributed by atoms with van der Waals surface area (Å²) in [7, 11) is 0. The number of ether oxygens (including phenoxy) is 1. The van der Waals surface area contributed by atoms with Gasteiger partial charge in [-0.05, 0) is 30.7 Å². The standard InChI is InChI=1S/C18H22N2O2.ClH/c1-13-6-5-8-16(10-13)22-17-9-4-3-7-15(17)12-20-18(21)14(2)11-19;/h3-10,14H,11-12,19H2,1-2H3,(H,20,21);1H. The Morgan fingerprint density at radius 3 is 2.65 bits per heavy atom. The Hall–Kier alpha value is -2.04. The fourth-order valence-corrected chi connectivity index (χ4v) is 2.02. The summed E-state index contributed by atoms with van der Waals surface area (Å²) in [6, 6.07) is 15.6. The van der Waals surface area contributed by atoms with Gasteiger partial charge in [-0.3, -0.25) is 4.79 Å². The number of carbonyl (C=O) groups excluding carboxylic acids is 1. The fraction of sp³-hybridized carbons (Fsp3) is 0.278. The molecule has 0 saturated carbocycles. The highest BCUT2D eigenvalue weighted by Crippen LogP contribution is 2.25. The minimum Gasteiger partial charge on any atom is -0.457 e. The molecule has 0 aliphatic carbocycles. The fourth-order valence-electron chi connectivity index (χ4n) is 2.02. The number of rotatable bonds is 6. The van der Waals surface area contributed by atoms with Gasteiger partial charge in [0, 0.05) is 24.6 Å². The number of nitrogens with two attached hydrogens (primary N) is 1. The molecular formula is C18H23ClN2O2. The molecule has 2 aromatic carbocycles. The monoisotopic (exact) mass is 334 g/mol. The number of halogens is 1. The van der Waals surface area contributed by atoms with Crippen LogP contribution in [0.3, 0.4) is 0 Å². The van der Waals surface area contributed by atoms with E-state index in [9.17, 15) is 4.79 Å². The van der Waals surface area contributed by atoms with Gasteiger partial charge >= 0.3 is 0 Å². The SMILES string of the molecule is Cc1cccc(Oc2ccccc2CNC(=O)C(C)CN)c1.Cl. The predicted molar refractivity (Wildman–Crippen MR) is 95.0 cm³/mol. The minimum atomic E-state index is -0.190. The van der Waals surface area contributed by atoms with Crippen molar-refractivity contribution in [3.05, 3.63) is 59.7 Å². The predicted octanol–water partition coefficient (Wildman–Crippen LogP) is 3.42. The summed E-state index contributed by atoms with van der Waals surface area (Å²) in [5.41, 5.74) is 7.57. The van der Waals surface area contributed by atoms with Gasteiger partial charge in [-0.1, -0.05) is 37.3 Å². The van der Waals surface area contributed by atoms with Crippen LogP contribution in [0, 0.1) is 12.8 Å². The van der Waals surface area contributed by atoms with Crippen LogP contribution in [0.2, 0.25) is 0 Å². The second kappa shape index (κ2) is 9.18. The molecule has 0 spiro atoms. The van der Waals surface area contributed by atoms with Crippen LogP contribution in [-0.2, 0) is 11.3 Å². The first kappa shape index (κ1) is 19.0. The van der Waals surface area contributed by atoms with Crippen molar-refractivity contribution >= 4 is 18.3 Å². The summed E-state index contributed by atoms with van der Waals surface area (Å²) >= 11 is 0. The lowest BCUT2D eigenvalue weighted by Crippen LogP contribution is -2.32. The molecule has 2 aromatic rings. The molecule has 0 aromatic heterocycles. The maximum Gasteiger partial charge on any atom is 0.224 e. The highest BCUT2D eigenvalue weighted by atomic mass is 35.5. The van der Waals surface area contributed by atoms with Crippen LogP contribution >= 0.6 is 12.4 Å². The van der Waals surface area contributed by atoms with E-state index in [-0.39, 0.29) is 24.2 Å². The van der Waals surface area contributed by atoms with Gasteiger partial charge in [0.05, 0.1) is 0 Å². The molecule has 0 radical (unpaired) electrons. The number of aryl methyl sites for hydroxylation is 1.